The molecule has 15 heavy (non-hydrogen) atoms. The maximum atomic E-state index is 11.0. The van der Waals surface area contributed by atoms with Gasteiger partial charge in [0.05, 0.1) is 13.7 Å². The number of carbonyl (C=O) groups excluding carboxylic acids is 1. The first-order valence-electron chi connectivity index (χ1n) is 4.48. The van der Waals surface area contributed by atoms with Crippen molar-refractivity contribution in [2.75, 3.05) is 14.2 Å². The van der Waals surface area contributed by atoms with Gasteiger partial charge >= 0.3 is 6.03 Å². The zero-order chi connectivity index (χ0) is 11.3. The van der Waals surface area contributed by atoms with Crippen LogP contribution in [0.25, 0.3) is 0 Å². The molecule has 0 saturated carbocycles. The summed E-state index contributed by atoms with van der Waals surface area (Å²) in [5, 5.41) is 12.2. The summed E-state index contributed by atoms with van der Waals surface area (Å²) in [6.07, 6.45) is 0. The van der Waals surface area contributed by atoms with E-state index in [1.807, 2.05) is 0 Å². The highest BCUT2D eigenvalue weighted by Gasteiger charge is 2.08. The van der Waals surface area contributed by atoms with E-state index in [4.69, 9.17) is 4.74 Å². The zero-order valence-electron chi connectivity index (χ0n) is 8.73. The van der Waals surface area contributed by atoms with E-state index in [0.29, 0.717) is 10.8 Å². The summed E-state index contributed by atoms with van der Waals surface area (Å²) < 4.78 is 5.02. The number of hydrogen-bond acceptors (Lipinski definition) is 3. The zero-order valence-corrected chi connectivity index (χ0v) is 8.73. The van der Waals surface area contributed by atoms with Gasteiger partial charge in [-0.2, -0.15) is 0 Å². The molecule has 0 saturated heterocycles. The number of methoxy groups -OCH3 is 1. The van der Waals surface area contributed by atoms with E-state index in [1.165, 1.54) is 7.05 Å². The van der Waals surface area contributed by atoms with E-state index in [-0.39, 0.29) is 6.54 Å². The van der Waals surface area contributed by atoms with Crippen LogP contribution in [0, 0.1) is 0 Å². The number of rotatable bonds is 3. The minimum Gasteiger partial charge on any atom is -0.497 e. The Kier molecular flexibility index (Phi) is 3.93. The predicted octanol–water partition coefficient (Wildman–Crippen LogP) is 1.23. The van der Waals surface area contributed by atoms with Crippen LogP contribution in [0.5, 0.6) is 5.75 Å². The van der Waals surface area contributed by atoms with E-state index in [0.717, 1.165) is 5.56 Å². The average Bonchev–Trinajstić information content (AvgIpc) is 2.28. The normalized spacial score (nSPS) is 9.53. The summed E-state index contributed by atoms with van der Waals surface area (Å²) in [4.78, 5) is 11.0. The number of urea groups is 1. The van der Waals surface area contributed by atoms with E-state index in [9.17, 15) is 10.0 Å². The van der Waals surface area contributed by atoms with Gasteiger partial charge in [0.25, 0.3) is 0 Å². The molecule has 0 aliphatic rings. The SMILES string of the molecule is CNC(=O)N(O)Cc1cccc(OC)c1. The van der Waals surface area contributed by atoms with Crippen LogP contribution in [-0.4, -0.2) is 30.5 Å². The second kappa shape index (κ2) is 5.21. The summed E-state index contributed by atoms with van der Waals surface area (Å²) >= 11 is 0. The fourth-order valence-corrected chi connectivity index (χ4v) is 1.14. The van der Waals surface area contributed by atoms with Gasteiger partial charge in [-0.1, -0.05) is 12.1 Å². The van der Waals surface area contributed by atoms with Gasteiger partial charge in [0.15, 0.2) is 0 Å². The molecular formula is C10H14N2O3. The summed E-state index contributed by atoms with van der Waals surface area (Å²) in [5.74, 6) is 0.692. The van der Waals surface area contributed by atoms with Crippen molar-refractivity contribution in [3.8, 4) is 5.75 Å². The molecule has 0 heterocycles. The third-order valence-corrected chi connectivity index (χ3v) is 1.91. The van der Waals surface area contributed by atoms with Crippen molar-refractivity contribution in [3.63, 3.8) is 0 Å². The molecule has 1 rings (SSSR count). The molecule has 1 aromatic carbocycles. The summed E-state index contributed by atoms with van der Waals surface area (Å²) in [5.41, 5.74) is 0.792. The fourth-order valence-electron chi connectivity index (χ4n) is 1.14. The molecule has 1 aromatic rings. The van der Waals surface area contributed by atoms with Gasteiger partial charge in [-0.05, 0) is 17.7 Å². The highest BCUT2D eigenvalue weighted by atomic mass is 16.5. The van der Waals surface area contributed by atoms with Gasteiger partial charge in [-0.15, -0.1) is 0 Å². The van der Waals surface area contributed by atoms with Crippen molar-refractivity contribution < 1.29 is 14.7 Å². The standard InChI is InChI=1S/C10H14N2O3/c1-11-10(13)12(14)7-8-4-3-5-9(6-8)15-2/h3-6,14H,7H2,1-2H3,(H,11,13). The van der Waals surface area contributed by atoms with Crippen LogP contribution in [0.2, 0.25) is 0 Å². The van der Waals surface area contributed by atoms with E-state index < -0.39 is 6.03 Å². The number of hydroxylamine groups is 2. The molecule has 2 amide bonds. The molecule has 0 aliphatic heterocycles. The number of carbonyl (C=O) groups is 1. The third kappa shape index (κ3) is 3.14. The number of benzene rings is 1. The molecule has 0 atom stereocenters. The average molecular weight is 210 g/mol. The minimum atomic E-state index is -0.544. The van der Waals surface area contributed by atoms with Gasteiger partial charge in [0, 0.05) is 7.05 Å². The van der Waals surface area contributed by atoms with Crippen LogP contribution in [0.1, 0.15) is 5.56 Å². The Bertz CT molecular complexity index is 341. The summed E-state index contributed by atoms with van der Waals surface area (Å²) in [7, 11) is 3.02. The Balaban J connectivity index is 2.67. The molecule has 0 bridgehead atoms. The Labute approximate surface area is 88.2 Å². The Morgan fingerprint density at radius 2 is 2.33 bits per heavy atom. The first kappa shape index (κ1) is 11.3. The highest BCUT2D eigenvalue weighted by Crippen LogP contribution is 2.13. The number of amides is 2. The lowest BCUT2D eigenvalue weighted by atomic mass is 10.2. The molecule has 0 fully saturated rings. The minimum absolute atomic E-state index is 0.122. The molecular weight excluding hydrogens is 196 g/mol. The maximum Gasteiger partial charge on any atom is 0.341 e. The molecule has 0 aliphatic carbocycles. The van der Waals surface area contributed by atoms with Crippen LogP contribution < -0.4 is 10.1 Å². The van der Waals surface area contributed by atoms with Gasteiger partial charge in [0.1, 0.15) is 5.75 Å². The second-order valence-corrected chi connectivity index (χ2v) is 2.96. The quantitative estimate of drug-likeness (QED) is 0.582. The number of nitrogens with zero attached hydrogens (tertiary/aromatic N) is 1. The molecule has 0 unspecified atom stereocenters. The molecule has 2 N–H and O–H groups in total. The second-order valence-electron chi connectivity index (χ2n) is 2.96. The Morgan fingerprint density at radius 1 is 1.60 bits per heavy atom. The number of ether oxygens (including phenoxy) is 1. The van der Waals surface area contributed by atoms with Crippen molar-refractivity contribution in [3.05, 3.63) is 29.8 Å². The molecule has 0 spiro atoms. The number of hydrogen-bond donors (Lipinski definition) is 2. The van der Waals surface area contributed by atoms with E-state index in [2.05, 4.69) is 5.32 Å². The van der Waals surface area contributed by atoms with Gasteiger partial charge in [-0.3, -0.25) is 5.21 Å². The van der Waals surface area contributed by atoms with Crippen molar-refractivity contribution in [1.29, 1.82) is 0 Å². The lowest BCUT2D eigenvalue weighted by Gasteiger charge is -2.14. The van der Waals surface area contributed by atoms with Crippen molar-refractivity contribution in [2.45, 2.75) is 6.54 Å². The van der Waals surface area contributed by atoms with Gasteiger partial charge < -0.3 is 10.1 Å². The van der Waals surface area contributed by atoms with Crippen molar-refractivity contribution in [2.24, 2.45) is 0 Å². The molecule has 0 radical (unpaired) electrons. The van der Waals surface area contributed by atoms with Gasteiger partial charge in [-0.25, -0.2) is 9.86 Å². The predicted molar refractivity (Wildman–Crippen MR) is 54.8 cm³/mol. The third-order valence-electron chi connectivity index (χ3n) is 1.91. The molecule has 5 heteroatoms. The molecule has 0 aromatic heterocycles. The smallest absolute Gasteiger partial charge is 0.341 e. The van der Waals surface area contributed by atoms with Crippen LogP contribution >= 0.6 is 0 Å². The topological polar surface area (TPSA) is 61.8 Å². The summed E-state index contributed by atoms with van der Waals surface area (Å²) in [6.45, 7) is 0.122. The van der Waals surface area contributed by atoms with Crippen LogP contribution in [-0.2, 0) is 6.54 Å². The Hall–Kier alpha value is -1.75. The Morgan fingerprint density at radius 3 is 2.93 bits per heavy atom. The lowest BCUT2D eigenvalue weighted by molar-refractivity contribution is -0.0501. The first-order valence-corrected chi connectivity index (χ1v) is 4.48. The van der Waals surface area contributed by atoms with Gasteiger partial charge in [0.2, 0.25) is 0 Å². The van der Waals surface area contributed by atoms with Crippen molar-refractivity contribution >= 4 is 6.03 Å². The maximum absolute atomic E-state index is 11.0. The van der Waals surface area contributed by atoms with E-state index in [1.54, 1.807) is 31.4 Å². The fraction of sp³-hybridized carbons (Fsp3) is 0.300. The largest absolute Gasteiger partial charge is 0.497 e. The monoisotopic (exact) mass is 210 g/mol. The van der Waals surface area contributed by atoms with Crippen molar-refractivity contribution in [1.82, 2.24) is 10.4 Å². The van der Waals surface area contributed by atoms with E-state index >= 15 is 0 Å². The molecule has 5 nitrogen and oxygen atoms in total. The lowest BCUT2D eigenvalue weighted by Crippen LogP contribution is -2.34. The van der Waals surface area contributed by atoms with Crippen LogP contribution in [0.15, 0.2) is 24.3 Å². The van der Waals surface area contributed by atoms with Crippen LogP contribution in [0.4, 0.5) is 4.79 Å². The number of nitrogens with one attached hydrogen (secondary N) is 1. The highest BCUT2D eigenvalue weighted by molar-refractivity contribution is 5.72. The first-order chi connectivity index (χ1) is 7.17. The molecule has 82 valence electrons. The van der Waals surface area contributed by atoms with Crippen LogP contribution in [0.3, 0.4) is 0 Å². The summed E-state index contributed by atoms with van der Waals surface area (Å²) in [6, 6.07) is 6.61.